The van der Waals surface area contributed by atoms with Gasteiger partial charge in [0.2, 0.25) is 5.91 Å². The van der Waals surface area contributed by atoms with E-state index in [0.29, 0.717) is 23.4 Å². The van der Waals surface area contributed by atoms with E-state index in [4.69, 9.17) is 0 Å². The van der Waals surface area contributed by atoms with E-state index >= 15 is 0 Å². The predicted molar refractivity (Wildman–Crippen MR) is 93.0 cm³/mol. The van der Waals surface area contributed by atoms with Crippen LogP contribution in [0.2, 0.25) is 0 Å². The molecule has 0 aliphatic heterocycles. The first-order chi connectivity index (χ1) is 11.8. The monoisotopic (exact) mass is 346 g/mol. The molecule has 0 aliphatic rings. The van der Waals surface area contributed by atoms with E-state index < -0.39 is 6.04 Å². The molecule has 1 aromatic heterocycles. The molecular formula is C18H23FN4O2. The molecule has 0 saturated heterocycles. The molecule has 0 bridgehead atoms. The molecule has 134 valence electrons. The Kier molecular flexibility index (Phi) is 5.90. The van der Waals surface area contributed by atoms with Gasteiger partial charge in [0.15, 0.2) is 0 Å². The Labute approximate surface area is 146 Å². The Morgan fingerprint density at radius 2 is 1.88 bits per heavy atom. The van der Waals surface area contributed by atoms with Gasteiger partial charge in [0.25, 0.3) is 5.91 Å². The summed E-state index contributed by atoms with van der Waals surface area (Å²) in [5.41, 5.74) is 1.65. The molecule has 25 heavy (non-hydrogen) atoms. The summed E-state index contributed by atoms with van der Waals surface area (Å²) < 4.78 is 14.6. The molecule has 1 atom stereocenters. The summed E-state index contributed by atoms with van der Waals surface area (Å²) in [5.74, 6) is -0.676. The van der Waals surface area contributed by atoms with Gasteiger partial charge in [-0.2, -0.15) is 5.10 Å². The molecule has 1 heterocycles. The van der Waals surface area contributed by atoms with Gasteiger partial charge in [0.05, 0.1) is 23.1 Å². The number of carbonyl (C=O) groups excluding carboxylic acids is 2. The summed E-state index contributed by atoms with van der Waals surface area (Å²) in [5, 5.41) is 9.54. The average Bonchev–Trinajstić information content (AvgIpc) is 2.95. The maximum Gasteiger partial charge on any atom is 0.255 e. The van der Waals surface area contributed by atoms with Crippen molar-refractivity contribution in [3.63, 3.8) is 0 Å². The number of nitrogens with one attached hydrogen (secondary N) is 2. The van der Waals surface area contributed by atoms with Gasteiger partial charge in [-0.15, -0.1) is 0 Å². The third-order valence-electron chi connectivity index (χ3n) is 3.90. The number of hydrogen-bond acceptors (Lipinski definition) is 3. The lowest BCUT2D eigenvalue weighted by atomic mass is 10.0. The van der Waals surface area contributed by atoms with Crippen LogP contribution in [0.5, 0.6) is 0 Å². The zero-order chi connectivity index (χ0) is 18.6. The summed E-state index contributed by atoms with van der Waals surface area (Å²) in [4.78, 5) is 24.5. The highest BCUT2D eigenvalue weighted by atomic mass is 19.1. The molecule has 0 radical (unpaired) electrons. The normalized spacial score (nSPS) is 12.1. The second kappa shape index (κ2) is 7.92. The maximum absolute atomic E-state index is 13.1. The number of amides is 2. The van der Waals surface area contributed by atoms with Crippen LogP contribution >= 0.6 is 0 Å². The predicted octanol–water partition coefficient (Wildman–Crippen LogP) is 2.21. The van der Waals surface area contributed by atoms with Gasteiger partial charge < -0.3 is 10.6 Å². The molecule has 2 aromatic rings. The molecule has 1 aromatic carbocycles. The van der Waals surface area contributed by atoms with Crippen LogP contribution < -0.4 is 10.6 Å². The standard InChI is InChI=1S/C18H23FN4O2/c1-11(2)9-16(18(25)20-4)22-17(24)15-10-21-23(12(15)3)14-7-5-13(19)6-8-14/h5-8,10-11,16H,9H2,1-4H3,(H,20,25)(H,22,24)/t16-/m0/s1. The highest BCUT2D eigenvalue weighted by Gasteiger charge is 2.23. The van der Waals surface area contributed by atoms with Crippen LogP contribution in [0.25, 0.3) is 5.69 Å². The van der Waals surface area contributed by atoms with Crippen molar-refractivity contribution < 1.29 is 14.0 Å². The number of halogens is 1. The lowest BCUT2D eigenvalue weighted by molar-refractivity contribution is -0.122. The molecule has 6 nitrogen and oxygen atoms in total. The van der Waals surface area contributed by atoms with E-state index in [1.54, 1.807) is 30.8 Å². The van der Waals surface area contributed by atoms with Gasteiger partial charge in [-0.25, -0.2) is 9.07 Å². The summed E-state index contributed by atoms with van der Waals surface area (Å²) in [6.45, 7) is 5.72. The Morgan fingerprint density at radius 1 is 1.24 bits per heavy atom. The van der Waals surface area contributed by atoms with Crippen LogP contribution in [0.3, 0.4) is 0 Å². The second-order valence-electron chi connectivity index (χ2n) is 6.30. The lowest BCUT2D eigenvalue weighted by Crippen LogP contribution is -2.46. The van der Waals surface area contributed by atoms with Crippen LogP contribution in [0.4, 0.5) is 4.39 Å². The Morgan fingerprint density at radius 3 is 2.44 bits per heavy atom. The van der Waals surface area contributed by atoms with Crippen molar-refractivity contribution in [2.75, 3.05) is 7.05 Å². The number of aromatic nitrogens is 2. The molecular weight excluding hydrogens is 323 g/mol. The van der Waals surface area contributed by atoms with Crippen molar-refractivity contribution >= 4 is 11.8 Å². The van der Waals surface area contributed by atoms with Gasteiger partial charge in [-0.05, 0) is 43.5 Å². The van der Waals surface area contributed by atoms with E-state index in [9.17, 15) is 14.0 Å². The zero-order valence-corrected chi connectivity index (χ0v) is 14.8. The quantitative estimate of drug-likeness (QED) is 0.842. The van der Waals surface area contributed by atoms with Gasteiger partial charge >= 0.3 is 0 Å². The first-order valence-electron chi connectivity index (χ1n) is 8.16. The number of benzene rings is 1. The molecule has 7 heteroatoms. The third-order valence-corrected chi connectivity index (χ3v) is 3.90. The third kappa shape index (κ3) is 4.43. The van der Waals surface area contributed by atoms with E-state index in [1.807, 2.05) is 13.8 Å². The fourth-order valence-electron chi connectivity index (χ4n) is 2.59. The van der Waals surface area contributed by atoms with E-state index in [-0.39, 0.29) is 23.5 Å². The summed E-state index contributed by atoms with van der Waals surface area (Å²) >= 11 is 0. The van der Waals surface area contributed by atoms with Crippen LogP contribution in [-0.2, 0) is 4.79 Å². The zero-order valence-electron chi connectivity index (χ0n) is 14.8. The van der Waals surface area contributed by atoms with Crippen molar-refractivity contribution in [3.8, 4) is 5.69 Å². The van der Waals surface area contributed by atoms with Gasteiger partial charge in [-0.3, -0.25) is 9.59 Å². The number of rotatable bonds is 6. The summed E-state index contributed by atoms with van der Waals surface area (Å²) in [6, 6.07) is 5.23. The first-order valence-corrected chi connectivity index (χ1v) is 8.16. The molecule has 0 unspecified atom stereocenters. The van der Waals surface area contributed by atoms with Crippen LogP contribution in [-0.4, -0.2) is 34.7 Å². The van der Waals surface area contributed by atoms with E-state index in [2.05, 4.69) is 15.7 Å². The topological polar surface area (TPSA) is 76.0 Å². The molecule has 2 rings (SSSR count). The largest absolute Gasteiger partial charge is 0.357 e. The lowest BCUT2D eigenvalue weighted by Gasteiger charge is -2.19. The molecule has 0 fully saturated rings. The maximum atomic E-state index is 13.1. The SMILES string of the molecule is CNC(=O)[C@H](CC(C)C)NC(=O)c1cnn(-c2ccc(F)cc2)c1C. The minimum Gasteiger partial charge on any atom is -0.357 e. The first kappa shape index (κ1) is 18.6. The fraction of sp³-hybridized carbons (Fsp3) is 0.389. The van der Waals surface area contributed by atoms with Gasteiger partial charge in [0, 0.05) is 7.05 Å². The van der Waals surface area contributed by atoms with Crippen molar-refractivity contribution in [2.24, 2.45) is 5.92 Å². The molecule has 0 spiro atoms. The van der Waals surface area contributed by atoms with Crippen LogP contribution in [0.1, 0.15) is 36.3 Å². The van der Waals surface area contributed by atoms with Crippen molar-refractivity contribution in [2.45, 2.75) is 33.2 Å². The van der Waals surface area contributed by atoms with Gasteiger partial charge in [-0.1, -0.05) is 13.8 Å². The molecule has 0 saturated carbocycles. The van der Waals surface area contributed by atoms with Crippen LogP contribution in [0.15, 0.2) is 30.5 Å². The highest BCUT2D eigenvalue weighted by molar-refractivity contribution is 5.98. The average molecular weight is 346 g/mol. The molecule has 2 amide bonds. The summed E-state index contributed by atoms with van der Waals surface area (Å²) in [6.07, 6.45) is 1.99. The van der Waals surface area contributed by atoms with Gasteiger partial charge in [0.1, 0.15) is 11.9 Å². The second-order valence-corrected chi connectivity index (χ2v) is 6.30. The summed E-state index contributed by atoms with van der Waals surface area (Å²) in [7, 11) is 1.54. The van der Waals surface area contributed by atoms with Crippen molar-refractivity contribution in [3.05, 3.63) is 47.5 Å². The Bertz CT molecular complexity index is 753. The van der Waals surface area contributed by atoms with Crippen molar-refractivity contribution in [1.29, 1.82) is 0 Å². The number of hydrogen-bond donors (Lipinski definition) is 2. The number of carbonyl (C=O) groups is 2. The Hall–Kier alpha value is -2.70. The smallest absolute Gasteiger partial charge is 0.255 e. The minimum atomic E-state index is -0.605. The fourth-order valence-corrected chi connectivity index (χ4v) is 2.59. The van der Waals surface area contributed by atoms with E-state index in [0.717, 1.165) is 0 Å². The van der Waals surface area contributed by atoms with E-state index in [1.165, 1.54) is 18.3 Å². The highest BCUT2D eigenvalue weighted by Crippen LogP contribution is 2.15. The Balaban J connectivity index is 2.22. The van der Waals surface area contributed by atoms with Crippen molar-refractivity contribution in [1.82, 2.24) is 20.4 Å². The molecule has 0 aliphatic carbocycles. The van der Waals surface area contributed by atoms with Crippen LogP contribution in [0, 0.1) is 18.7 Å². The number of likely N-dealkylation sites (N-methyl/N-ethyl adjacent to an activating group) is 1. The number of nitrogens with zero attached hydrogens (tertiary/aromatic N) is 2. The molecule has 2 N–H and O–H groups in total. The minimum absolute atomic E-state index is 0.231.